The molecule has 11 heteroatoms. The summed E-state index contributed by atoms with van der Waals surface area (Å²) in [4.78, 5) is 17.6. The van der Waals surface area contributed by atoms with Crippen molar-refractivity contribution in [2.75, 3.05) is 26.0 Å². The summed E-state index contributed by atoms with van der Waals surface area (Å²) in [6, 6.07) is 5.30. The molecule has 2 heterocycles. The Labute approximate surface area is 229 Å². The number of hydrogen-bond donors (Lipinski definition) is 0. The third-order valence-corrected chi connectivity index (χ3v) is 7.63. The molecule has 0 saturated heterocycles. The number of halogens is 2. The minimum atomic E-state index is -0.221. The summed E-state index contributed by atoms with van der Waals surface area (Å²) in [6.45, 7) is 2.79. The average Bonchev–Trinajstić information content (AvgIpc) is 2.88. The zero-order valence-corrected chi connectivity index (χ0v) is 23.8. The van der Waals surface area contributed by atoms with Gasteiger partial charge in [-0.2, -0.15) is 37.3 Å². The molecule has 1 unspecified atom stereocenters. The molecule has 2 aliphatic carbocycles. The van der Waals surface area contributed by atoms with E-state index in [1.54, 1.807) is 0 Å². The van der Waals surface area contributed by atoms with Crippen LogP contribution in [-0.2, 0) is 35.8 Å². The molecule has 0 amide bonds. The standard InChI is InChI=1S/C24H35N5O2S.2ClH.Mn/c1-31-24(30)16-32-19-12-17-14-27-22-8-4-2-6-20(22)25-10-11-26-21-7-3-5-9-23(21)28-15-18(13-19)29-17;;;/h12-13,20-23H,2-11,14-16H2,1H3;2*1H;/q-4;;;+2/p-2/t20-,21?,22-,23-;;;/m1.../s1. The summed E-state index contributed by atoms with van der Waals surface area (Å²) in [5, 5.41) is 20.1. The topological polar surface area (TPSA) is 95.6 Å². The number of ether oxygens (including phenoxy) is 1. The molecule has 199 valence electrons. The molecule has 1 aromatic rings. The van der Waals surface area contributed by atoms with Crippen molar-refractivity contribution in [2.24, 2.45) is 0 Å². The van der Waals surface area contributed by atoms with E-state index in [1.807, 2.05) is 0 Å². The summed E-state index contributed by atoms with van der Waals surface area (Å²) in [7, 11) is 11.0. The second-order valence-corrected chi connectivity index (χ2v) is 12.0. The van der Waals surface area contributed by atoms with Crippen molar-refractivity contribution >= 4 is 37.9 Å². The van der Waals surface area contributed by atoms with Crippen molar-refractivity contribution in [1.29, 1.82) is 0 Å². The fourth-order valence-corrected chi connectivity index (χ4v) is 5.81. The van der Waals surface area contributed by atoms with E-state index in [0.717, 1.165) is 55.1 Å². The van der Waals surface area contributed by atoms with E-state index >= 15 is 0 Å². The first-order chi connectivity index (χ1) is 17.1. The Balaban J connectivity index is 0.00000108. The Kier molecular flexibility index (Phi) is 14.1. The average molecular weight is 583 g/mol. The van der Waals surface area contributed by atoms with Gasteiger partial charge in [-0.15, -0.1) is 24.9 Å². The van der Waals surface area contributed by atoms with Gasteiger partial charge < -0.3 is 26.0 Å². The van der Waals surface area contributed by atoms with E-state index in [2.05, 4.69) is 12.1 Å². The van der Waals surface area contributed by atoms with Crippen molar-refractivity contribution < 1.29 is 22.7 Å². The van der Waals surface area contributed by atoms with Crippen LogP contribution in [0.25, 0.3) is 21.3 Å². The first-order valence-electron chi connectivity index (χ1n) is 12.4. The van der Waals surface area contributed by atoms with E-state index in [4.69, 9.17) is 51.2 Å². The molecule has 4 rings (SSSR count). The Bertz CT molecular complexity index is 733. The van der Waals surface area contributed by atoms with Crippen LogP contribution in [0.15, 0.2) is 17.0 Å². The molecule has 2 saturated carbocycles. The molecule has 1 aliphatic heterocycles. The fourth-order valence-electron chi connectivity index (χ4n) is 4.97. The number of methoxy groups -OCH3 is 1. The van der Waals surface area contributed by atoms with Crippen molar-refractivity contribution in [1.82, 2.24) is 4.98 Å². The van der Waals surface area contributed by atoms with Crippen LogP contribution in [0.1, 0.15) is 62.8 Å². The zero-order valence-electron chi connectivity index (χ0n) is 20.3. The second-order valence-electron chi connectivity index (χ2n) is 9.04. The summed E-state index contributed by atoms with van der Waals surface area (Å²) < 4.78 is 4.81. The van der Waals surface area contributed by atoms with Crippen LogP contribution in [0.3, 0.4) is 0 Å². The molecule has 0 N–H and O–H groups in total. The van der Waals surface area contributed by atoms with Gasteiger partial charge in [0.1, 0.15) is 0 Å². The number of carbonyl (C=O) groups is 1. The van der Waals surface area contributed by atoms with Gasteiger partial charge in [-0.25, -0.2) is 0 Å². The maximum absolute atomic E-state index is 11.6. The van der Waals surface area contributed by atoms with Crippen LogP contribution in [-0.4, -0.2) is 61.1 Å². The zero-order chi connectivity index (χ0) is 24.9. The van der Waals surface area contributed by atoms with E-state index in [0.29, 0.717) is 30.9 Å². The Morgan fingerprint density at radius 1 is 0.914 bits per heavy atom. The predicted molar refractivity (Wildman–Crippen MR) is 141 cm³/mol. The van der Waals surface area contributed by atoms with Crippen molar-refractivity contribution in [3.05, 3.63) is 44.8 Å². The van der Waals surface area contributed by atoms with Gasteiger partial charge in [0, 0.05) is 16.3 Å². The molecule has 3 aliphatic rings. The monoisotopic (exact) mass is 582 g/mol. The molecule has 0 aromatic carbocycles. The number of pyridine rings is 1. The first kappa shape index (κ1) is 29.5. The third kappa shape index (κ3) is 10.3. The molecule has 35 heavy (non-hydrogen) atoms. The SMILES string of the molecule is COC(=O)CSc1cc2nc(c1)C[N-][C@@H]1CCCC[C@H]1[N-]CC[N-]C1CCCC[C@H]1[N-]C2.[Cl][Mn][Cl]. The molecule has 0 radical (unpaired) electrons. The molecule has 2 fully saturated rings. The number of esters is 1. The minimum absolute atomic E-state index is 0.00694. The summed E-state index contributed by atoms with van der Waals surface area (Å²) in [6.07, 6.45) is 9.39. The molecular weight excluding hydrogens is 548 g/mol. The van der Waals surface area contributed by atoms with E-state index in [1.165, 1.54) is 44.6 Å². The van der Waals surface area contributed by atoms with Gasteiger partial charge in [0.05, 0.1) is 12.9 Å². The van der Waals surface area contributed by atoms with Crippen molar-refractivity contribution in [2.45, 2.75) is 93.5 Å². The first-order valence-corrected chi connectivity index (χ1v) is 16.6. The summed E-state index contributed by atoms with van der Waals surface area (Å²) >= 11 is 1.50. The fraction of sp³-hybridized carbons (Fsp3) is 0.750. The van der Waals surface area contributed by atoms with Gasteiger partial charge in [-0.05, 0) is 12.1 Å². The van der Waals surface area contributed by atoms with Crippen LogP contribution in [0.5, 0.6) is 0 Å². The molecule has 4 atom stereocenters. The quantitative estimate of drug-likeness (QED) is 0.221. The number of aromatic nitrogens is 1. The maximum atomic E-state index is 11.6. The normalized spacial score (nSPS) is 27.6. The van der Waals surface area contributed by atoms with Gasteiger partial charge in [0.2, 0.25) is 0 Å². The second kappa shape index (κ2) is 16.7. The van der Waals surface area contributed by atoms with Crippen LogP contribution >= 0.6 is 32.0 Å². The van der Waals surface area contributed by atoms with Crippen LogP contribution in [0.2, 0.25) is 0 Å². The van der Waals surface area contributed by atoms with Gasteiger partial charge in [-0.3, -0.25) is 9.78 Å². The Morgan fingerprint density at radius 2 is 1.34 bits per heavy atom. The summed E-state index contributed by atoms with van der Waals surface area (Å²) in [5.74, 6) is 0.0712. The molecule has 1 aromatic heterocycles. The van der Waals surface area contributed by atoms with Gasteiger partial charge in [0.15, 0.2) is 0 Å². The number of rotatable bonds is 3. The molecule has 2 bridgehead atoms. The number of nitrogens with zero attached hydrogens (tertiary/aromatic N) is 5. The van der Waals surface area contributed by atoms with E-state index < -0.39 is 0 Å². The van der Waals surface area contributed by atoms with Crippen molar-refractivity contribution in [3.8, 4) is 0 Å². The van der Waals surface area contributed by atoms with Gasteiger partial charge >= 0.3 is 39.3 Å². The number of hydrogen-bond acceptors (Lipinski definition) is 4. The van der Waals surface area contributed by atoms with Crippen LogP contribution in [0, 0.1) is 0 Å². The number of thioether (sulfide) groups is 1. The van der Waals surface area contributed by atoms with E-state index in [9.17, 15) is 4.79 Å². The third-order valence-electron chi connectivity index (χ3n) is 6.68. The van der Waals surface area contributed by atoms with Crippen LogP contribution in [0.4, 0.5) is 0 Å². The predicted octanol–water partition coefficient (Wildman–Crippen LogP) is 6.85. The molecular formula is C24H35Cl2MnN5O2S-4. The van der Waals surface area contributed by atoms with Gasteiger partial charge in [0.25, 0.3) is 0 Å². The summed E-state index contributed by atoms with van der Waals surface area (Å²) in [5.41, 5.74) is 1.91. The number of fused-ring (bicyclic) bond motifs is 4. The Morgan fingerprint density at radius 3 is 1.77 bits per heavy atom. The van der Waals surface area contributed by atoms with E-state index in [-0.39, 0.29) is 31.2 Å². The van der Waals surface area contributed by atoms with Gasteiger partial charge in [-0.1, -0.05) is 51.4 Å². The molecule has 7 nitrogen and oxygen atoms in total. The Hall–Kier alpha value is -0.0905. The van der Waals surface area contributed by atoms with Crippen LogP contribution < -0.4 is 0 Å². The number of carbonyl (C=O) groups excluding carboxylic acids is 1. The van der Waals surface area contributed by atoms with Crippen molar-refractivity contribution in [3.63, 3.8) is 0 Å². The molecule has 0 spiro atoms.